The summed E-state index contributed by atoms with van der Waals surface area (Å²) in [6, 6.07) is 8.47. The van der Waals surface area contributed by atoms with Crippen LogP contribution >= 0.6 is 0 Å². The normalized spacial score (nSPS) is 10.3. The first-order valence-corrected chi connectivity index (χ1v) is 7.16. The fraction of sp³-hybridized carbons (Fsp3) is 0.375. The van der Waals surface area contributed by atoms with Gasteiger partial charge in [-0.25, -0.2) is 9.97 Å². The molecule has 0 aliphatic heterocycles. The monoisotopic (exact) mass is 270 g/mol. The Morgan fingerprint density at radius 3 is 2.30 bits per heavy atom. The zero-order valence-corrected chi connectivity index (χ0v) is 12.4. The van der Waals surface area contributed by atoms with Gasteiger partial charge < -0.3 is 10.6 Å². The van der Waals surface area contributed by atoms with E-state index in [-0.39, 0.29) is 0 Å². The Labute approximate surface area is 120 Å². The second-order valence-electron chi connectivity index (χ2n) is 4.72. The van der Waals surface area contributed by atoms with Crippen LogP contribution in [0.15, 0.2) is 30.6 Å². The summed E-state index contributed by atoms with van der Waals surface area (Å²) in [6.45, 7) is 4.32. The van der Waals surface area contributed by atoms with Gasteiger partial charge in [-0.3, -0.25) is 0 Å². The molecule has 1 aromatic heterocycles. The molecule has 0 spiro atoms. The number of hydrogen-bond donors (Lipinski definition) is 2. The van der Waals surface area contributed by atoms with Crippen LogP contribution in [0.25, 0.3) is 0 Å². The summed E-state index contributed by atoms with van der Waals surface area (Å²) in [4.78, 5) is 8.66. The summed E-state index contributed by atoms with van der Waals surface area (Å²) >= 11 is 0. The van der Waals surface area contributed by atoms with Crippen molar-refractivity contribution in [3.8, 4) is 0 Å². The molecule has 2 rings (SSSR count). The van der Waals surface area contributed by atoms with Gasteiger partial charge in [0.15, 0.2) is 0 Å². The van der Waals surface area contributed by atoms with Crippen molar-refractivity contribution >= 4 is 17.3 Å². The summed E-state index contributed by atoms with van der Waals surface area (Å²) in [7, 11) is 1.89. The first kappa shape index (κ1) is 14.3. The van der Waals surface area contributed by atoms with Crippen molar-refractivity contribution in [2.75, 3.05) is 17.7 Å². The molecule has 0 unspecified atom stereocenters. The average molecular weight is 270 g/mol. The van der Waals surface area contributed by atoms with Crippen LogP contribution in [0.5, 0.6) is 0 Å². The number of rotatable bonds is 6. The SMILES string of the molecule is CCCc1c(NC)ncnc1Nc1ccc(CC)cc1. The van der Waals surface area contributed by atoms with Crippen molar-refractivity contribution in [2.24, 2.45) is 0 Å². The van der Waals surface area contributed by atoms with Gasteiger partial charge in [-0.05, 0) is 30.5 Å². The Hall–Kier alpha value is -2.10. The van der Waals surface area contributed by atoms with Crippen LogP contribution in [0.1, 0.15) is 31.4 Å². The summed E-state index contributed by atoms with van der Waals surface area (Å²) in [5.41, 5.74) is 3.53. The molecular formula is C16H22N4. The third-order valence-corrected chi connectivity index (χ3v) is 3.31. The van der Waals surface area contributed by atoms with Crippen LogP contribution in [0.2, 0.25) is 0 Å². The fourth-order valence-corrected chi connectivity index (χ4v) is 2.18. The van der Waals surface area contributed by atoms with E-state index in [9.17, 15) is 0 Å². The van der Waals surface area contributed by atoms with E-state index in [0.29, 0.717) is 0 Å². The third kappa shape index (κ3) is 3.26. The molecule has 0 aliphatic rings. The molecule has 0 aliphatic carbocycles. The Balaban J connectivity index is 2.27. The van der Waals surface area contributed by atoms with E-state index in [0.717, 1.165) is 42.1 Å². The highest BCUT2D eigenvalue weighted by molar-refractivity contribution is 5.64. The Bertz CT molecular complexity index is 549. The standard InChI is InChI=1S/C16H22N4/c1-4-6-14-15(17-3)18-11-19-16(14)20-13-9-7-12(5-2)8-10-13/h7-11H,4-6H2,1-3H3,(H2,17,18,19,20). The Kier molecular flexibility index (Phi) is 4.93. The molecule has 2 aromatic rings. The number of nitrogens with one attached hydrogen (secondary N) is 2. The number of benzene rings is 1. The lowest BCUT2D eigenvalue weighted by molar-refractivity contribution is 0.905. The third-order valence-electron chi connectivity index (χ3n) is 3.31. The fourth-order valence-electron chi connectivity index (χ4n) is 2.18. The van der Waals surface area contributed by atoms with Gasteiger partial charge in [0.25, 0.3) is 0 Å². The smallest absolute Gasteiger partial charge is 0.139 e. The second kappa shape index (κ2) is 6.89. The van der Waals surface area contributed by atoms with E-state index in [1.165, 1.54) is 5.56 Å². The van der Waals surface area contributed by atoms with Crippen molar-refractivity contribution in [1.29, 1.82) is 0 Å². The lowest BCUT2D eigenvalue weighted by Crippen LogP contribution is -2.05. The molecule has 0 bridgehead atoms. The number of aryl methyl sites for hydroxylation is 1. The van der Waals surface area contributed by atoms with Crippen LogP contribution in [0.4, 0.5) is 17.3 Å². The Morgan fingerprint density at radius 2 is 1.70 bits per heavy atom. The van der Waals surface area contributed by atoms with Crippen molar-refractivity contribution in [3.63, 3.8) is 0 Å². The van der Waals surface area contributed by atoms with Gasteiger partial charge in [-0.1, -0.05) is 32.4 Å². The largest absolute Gasteiger partial charge is 0.373 e. The molecule has 1 aromatic carbocycles. The summed E-state index contributed by atoms with van der Waals surface area (Å²) in [5, 5.41) is 6.53. The molecule has 2 N–H and O–H groups in total. The molecule has 0 fully saturated rings. The maximum absolute atomic E-state index is 4.38. The maximum atomic E-state index is 4.38. The molecule has 1 heterocycles. The molecule has 106 valence electrons. The van der Waals surface area contributed by atoms with Gasteiger partial charge in [0.1, 0.15) is 18.0 Å². The van der Waals surface area contributed by atoms with Crippen LogP contribution in [-0.2, 0) is 12.8 Å². The number of aromatic nitrogens is 2. The van der Waals surface area contributed by atoms with Gasteiger partial charge in [0.05, 0.1) is 0 Å². The van der Waals surface area contributed by atoms with E-state index in [1.54, 1.807) is 6.33 Å². The quantitative estimate of drug-likeness (QED) is 0.838. The summed E-state index contributed by atoms with van der Waals surface area (Å²) in [5.74, 6) is 1.78. The van der Waals surface area contributed by atoms with Crippen molar-refractivity contribution < 1.29 is 0 Å². The lowest BCUT2D eigenvalue weighted by Gasteiger charge is -2.13. The van der Waals surface area contributed by atoms with E-state index in [4.69, 9.17) is 0 Å². The molecule has 0 saturated carbocycles. The minimum absolute atomic E-state index is 0.885. The van der Waals surface area contributed by atoms with Gasteiger partial charge in [0, 0.05) is 18.3 Å². The molecule has 0 amide bonds. The first-order chi connectivity index (χ1) is 9.78. The summed E-state index contributed by atoms with van der Waals surface area (Å²) in [6.07, 6.45) is 4.66. The van der Waals surface area contributed by atoms with E-state index in [2.05, 4.69) is 58.7 Å². The zero-order valence-electron chi connectivity index (χ0n) is 12.4. The highest BCUT2D eigenvalue weighted by Crippen LogP contribution is 2.24. The number of hydrogen-bond acceptors (Lipinski definition) is 4. The molecular weight excluding hydrogens is 248 g/mol. The Morgan fingerprint density at radius 1 is 1.00 bits per heavy atom. The van der Waals surface area contributed by atoms with E-state index in [1.807, 2.05) is 7.05 Å². The highest BCUT2D eigenvalue weighted by atomic mass is 15.1. The minimum atomic E-state index is 0.885. The van der Waals surface area contributed by atoms with Gasteiger partial charge in [0.2, 0.25) is 0 Å². The molecule has 0 saturated heterocycles. The van der Waals surface area contributed by atoms with Crippen molar-refractivity contribution in [2.45, 2.75) is 33.1 Å². The van der Waals surface area contributed by atoms with Crippen LogP contribution in [0, 0.1) is 0 Å². The number of nitrogens with zero attached hydrogens (tertiary/aromatic N) is 2. The predicted octanol–water partition coefficient (Wildman–Crippen LogP) is 3.78. The van der Waals surface area contributed by atoms with Crippen LogP contribution < -0.4 is 10.6 Å². The topological polar surface area (TPSA) is 49.8 Å². The van der Waals surface area contributed by atoms with Crippen LogP contribution in [-0.4, -0.2) is 17.0 Å². The number of anilines is 3. The zero-order chi connectivity index (χ0) is 14.4. The van der Waals surface area contributed by atoms with Crippen LogP contribution in [0.3, 0.4) is 0 Å². The first-order valence-electron chi connectivity index (χ1n) is 7.16. The van der Waals surface area contributed by atoms with Gasteiger partial charge in [-0.2, -0.15) is 0 Å². The van der Waals surface area contributed by atoms with Gasteiger partial charge >= 0.3 is 0 Å². The molecule has 4 nitrogen and oxygen atoms in total. The molecule has 4 heteroatoms. The molecule has 20 heavy (non-hydrogen) atoms. The van der Waals surface area contributed by atoms with Crippen molar-refractivity contribution in [3.05, 3.63) is 41.7 Å². The maximum Gasteiger partial charge on any atom is 0.139 e. The molecule has 0 atom stereocenters. The van der Waals surface area contributed by atoms with Gasteiger partial charge in [-0.15, -0.1) is 0 Å². The highest BCUT2D eigenvalue weighted by Gasteiger charge is 2.09. The molecule has 0 radical (unpaired) electrons. The summed E-state index contributed by atoms with van der Waals surface area (Å²) < 4.78 is 0. The van der Waals surface area contributed by atoms with Crippen molar-refractivity contribution in [1.82, 2.24) is 9.97 Å². The van der Waals surface area contributed by atoms with E-state index < -0.39 is 0 Å². The van der Waals surface area contributed by atoms with E-state index >= 15 is 0 Å². The predicted molar refractivity (Wildman–Crippen MR) is 84.7 cm³/mol. The minimum Gasteiger partial charge on any atom is -0.373 e. The lowest BCUT2D eigenvalue weighted by atomic mass is 10.1. The second-order valence-corrected chi connectivity index (χ2v) is 4.72. The average Bonchev–Trinajstić information content (AvgIpc) is 2.50.